The zero-order valence-corrected chi connectivity index (χ0v) is 9.29. The van der Waals surface area contributed by atoms with E-state index in [2.05, 4.69) is 21.7 Å². The Labute approximate surface area is 94.8 Å². The smallest absolute Gasteiger partial charge is 0.217 e. The van der Waals surface area contributed by atoms with Gasteiger partial charge in [0, 0.05) is 26.2 Å². The summed E-state index contributed by atoms with van der Waals surface area (Å²) < 4.78 is 0. The zero-order chi connectivity index (χ0) is 11.4. The van der Waals surface area contributed by atoms with E-state index in [1.165, 1.54) is 12.5 Å². The lowest BCUT2D eigenvalue weighted by molar-refractivity contribution is -0.118. The average molecular weight is 217 g/mol. The molecule has 1 aliphatic heterocycles. The Morgan fingerprint density at radius 3 is 3.38 bits per heavy atom. The lowest BCUT2D eigenvalue weighted by Gasteiger charge is -1.99. The lowest BCUT2D eigenvalue weighted by atomic mass is 10.1. The predicted octanol–water partition coefficient (Wildman–Crippen LogP) is 1.20. The van der Waals surface area contributed by atoms with Crippen molar-refractivity contribution in [3.63, 3.8) is 0 Å². The van der Waals surface area contributed by atoms with Crippen LogP contribution in [0.3, 0.4) is 0 Å². The number of nitrogens with one attached hydrogen (secondary N) is 2. The number of hydrogen-bond acceptors (Lipinski definition) is 3. The third-order valence-electron chi connectivity index (χ3n) is 2.45. The molecule has 0 atom stereocenters. The highest BCUT2D eigenvalue weighted by Crippen LogP contribution is 2.20. The number of hydrogen-bond donors (Lipinski definition) is 2. The van der Waals surface area contributed by atoms with Crippen LogP contribution in [-0.4, -0.2) is 24.0 Å². The van der Waals surface area contributed by atoms with Gasteiger partial charge in [0.2, 0.25) is 5.91 Å². The molecular weight excluding hydrogens is 202 g/mol. The van der Waals surface area contributed by atoms with Crippen LogP contribution in [0.5, 0.6) is 0 Å². The molecule has 2 heterocycles. The largest absolute Gasteiger partial charge is 0.370 e. The molecule has 1 aromatic rings. The van der Waals surface area contributed by atoms with Gasteiger partial charge >= 0.3 is 0 Å². The average Bonchev–Trinajstić information content (AvgIpc) is 2.71. The number of nitrogens with zero attached hydrogens (tertiary/aromatic N) is 1. The second kappa shape index (κ2) is 4.79. The summed E-state index contributed by atoms with van der Waals surface area (Å²) in [6.45, 7) is 3.04. The van der Waals surface area contributed by atoms with Gasteiger partial charge in [0.25, 0.3) is 0 Å². The summed E-state index contributed by atoms with van der Waals surface area (Å²) >= 11 is 0. The molecule has 0 radical (unpaired) electrons. The molecule has 2 rings (SSSR count). The number of carbonyl (C=O) groups excluding carboxylic acids is 1. The zero-order valence-electron chi connectivity index (χ0n) is 9.29. The molecule has 0 bridgehead atoms. The van der Waals surface area contributed by atoms with Gasteiger partial charge in [0.05, 0.1) is 0 Å². The molecule has 0 aliphatic carbocycles. The number of rotatable bonds is 3. The maximum Gasteiger partial charge on any atom is 0.217 e. The van der Waals surface area contributed by atoms with E-state index >= 15 is 0 Å². The fourth-order valence-electron chi connectivity index (χ4n) is 1.68. The van der Waals surface area contributed by atoms with E-state index in [0.717, 1.165) is 24.3 Å². The van der Waals surface area contributed by atoms with E-state index in [1.807, 2.05) is 18.3 Å². The van der Waals surface area contributed by atoms with Gasteiger partial charge < -0.3 is 10.6 Å². The Bertz CT molecular complexity index is 426. The van der Waals surface area contributed by atoms with Gasteiger partial charge in [-0.1, -0.05) is 12.2 Å². The fraction of sp³-hybridized carbons (Fsp3) is 0.333. The van der Waals surface area contributed by atoms with E-state index in [0.29, 0.717) is 6.54 Å². The van der Waals surface area contributed by atoms with Crippen molar-refractivity contribution in [3.05, 3.63) is 29.5 Å². The van der Waals surface area contributed by atoms with E-state index in [-0.39, 0.29) is 5.91 Å². The van der Waals surface area contributed by atoms with Crippen molar-refractivity contribution in [2.45, 2.75) is 13.3 Å². The highest BCUT2D eigenvalue weighted by molar-refractivity contribution is 5.73. The van der Waals surface area contributed by atoms with Gasteiger partial charge in [-0.15, -0.1) is 0 Å². The standard InChI is InChI=1S/C12H15N3O/c1-9(16)13-5-2-3-10-7-11-4-6-14-12(11)15-8-10/h2-3,7-8H,4-6H2,1H3,(H,13,16)(H,14,15). The van der Waals surface area contributed by atoms with Crippen molar-refractivity contribution in [1.82, 2.24) is 10.3 Å². The van der Waals surface area contributed by atoms with E-state index < -0.39 is 0 Å². The van der Waals surface area contributed by atoms with Crippen LogP contribution in [0.2, 0.25) is 0 Å². The molecule has 2 N–H and O–H groups in total. The van der Waals surface area contributed by atoms with Crippen LogP contribution in [0.25, 0.3) is 6.08 Å². The number of fused-ring (bicyclic) bond motifs is 1. The minimum absolute atomic E-state index is 0.0130. The first-order valence-electron chi connectivity index (χ1n) is 5.39. The normalized spacial score (nSPS) is 13.6. The van der Waals surface area contributed by atoms with Crippen LogP contribution in [-0.2, 0) is 11.2 Å². The summed E-state index contributed by atoms with van der Waals surface area (Å²) in [5, 5.41) is 5.93. The number of anilines is 1. The highest BCUT2D eigenvalue weighted by Gasteiger charge is 2.10. The summed E-state index contributed by atoms with van der Waals surface area (Å²) in [5.41, 5.74) is 2.34. The molecule has 84 valence electrons. The van der Waals surface area contributed by atoms with E-state index in [4.69, 9.17) is 0 Å². The summed E-state index contributed by atoms with van der Waals surface area (Å²) in [6, 6.07) is 2.13. The maximum atomic E-state index is 10.6. The van der Waals surface area contributed by atoms with Crippen molar-refractivity contribution in [2.75, 3.05) is 18.4 Å². The third-order valence-corrected chi connectivity index (χ3v) is 2.45. The van der Waals surface area contributed by atoms with E-state index in [9.17, 15) is 4.79 Å². The molecule has 1 aromatic heterocycles. The summed E-state index contributed by atoms with van der Waals surface area (Å²) in [7, 11) is 0. The third kappa shape index (κ3) is 2.59. The number of carbonyl (C=O) groups is 1. The Morgan fingerprint density at radius 2 is 2.56 bits per heavy atom. The molecule has 0 fully saturated rings. The second-order valence-corrected chi connectivity index (χ2v) is 3.79. The predicted molar refractivity (Wildman–Crippen MR) is 64.1 cm³/mol. The quantitative estimate of drug-likeness (QED) is 0.800. The van der Waals surface area contributed by atoms with Crippen molar-refractivity contribution in [3.8, 4) is 0 Å². The van der Waals surface area contributed by atoms with Gasteiger partial charge in [-0.3, -0.25) is 4.79 Å². The molecule has 16 heavy (non-hydrogen) atoms. The number of pyridine rings is 1. The lowest BCUT2D eigenvalue weighted by Crippen LogP contribution is -2.19. The Balaban J connectivity index is 1.97. The highest BCUT2D eigenvalue weighted by atomic mass is 16.1. The van der Waals surface area contributed by atoms with Gasteiger partial charge in [-0.2, -0.15) is 0 Å². The number of amides is 1. The number of aromatic nitrogens is 1. The van der Waals surface area contributed by atoms with Gasteiger partial charge in [0.1, 0.15) is 5.82 Å². The minimum Gasteiger partial charge on any atom is -0.370 e. The van der Waals surface area contributed by atoms with Crippen LogP contribution in [0.1, 0.15) is 18.1 Å². The molecule has 0 unspecified atom stereocenters. The Hall–Kier alpha value is -1.84. The molecule has 0 aromatic carbocycles. The van der Waals surface area contributed by atoms with Crippen molar-refractivity contribution < 1.29 is 4.79 Å². The molecule has 0 spiro atoms. The van der Waals surface area contributed by atoms with Gasteiger partial charge in [0.15, 0.2) is 0 Å². The Morgan fingerprint density at radius 1 is 1.69 bits per heavy atom. The topological polar surface area (TPSA) is 54.0 Å². The first-order chi connectivity index (χ1) is 7.75. The van der Waals surface area contributed by atoms with Crippen LogP contribution in [0.4, 0.5) is 5.82 Å². The van der Waals surface area contributed by atoms with Crippen LogP contribution >= 0.6 is 0 Å². The summed E-state index contributed by atoms with van der Waals surface area (Å²) in [4.78, 5) is 15.0. The SMILES string of the molecule is CC(=O)NCC=Cc1cnc2c(c1)CCN2. The first-order valence-corrected chi connectivity index (χ1v) is 5.39. The summed E-state index contributed by atoms with van der Waals surface area (Å²) in [6.07, 6.45) is 6.77. The monoisotopic (exact) mass is 217 g/mol. The molecule has 1 amide bonds. The Kier molecular flexibility index (Phi) is 3.19. The van der Waals surface area contributed by atoms with Crippen LogP contribution in [0, 0.1) is 0 Å². The fourth-order valence-corrected chi connectivity index (χ4v) is 1.68. The molecular formula is C12H15N3O. The van der Waals surface area contributed by atoms with Crippen molar-refractivity contribution >= 4 is 17.8 Å². The maximum absolute atomic E-state index is 10.6. The van der Waals surface area contributed by atoms with Crippen molar-refractivity contribution in [2.24, 2.45) is 0 Å². The molecule has 4 nitrogen and oxygen atoms in total. The summed E-state index contributed by atoms with van der Waals surface area (Å²) in [5.74, 6) is 0.986. The molecule has 0 saturated carbocycles. The molecule has 4 heteroatoms. The molecule has 0 saturated heterocycles. The van der Waals surface area contributed by atoms with E-state index in [1.54, 1.807) is 0 Å². The van der Waals surface area contributed by atoms with Gasteiger partial charge in [-0.25, -0.2) is 4.98 Å². The van der Waals surface area contributed by atoms with Crippen LogP contribution < -0.4 is 10.6 Å². The first kappa shape index (κ1) is 10.7. The van der Waals surface area contributed by atoms with Gasteiger partial charge in [-0.05, 0) is 23.6 Å². The van der Waals surface area contributed by atoms with Crippen molar-refractivity contribution in [1.29, 1.82) is 0 Å². The molecule has 1 aliphatic rings. The second-order valence-electron chi connectivity index (χ2n) is 3.79. The minimum atomic E-state index is -0.0130. The van der Waals surface area contributed by atoms with Crippen LogP contribution in [0.15, 0.2) is 18.3 Å².